The van der Waals surface area contributed by atoms with Crippen molar-refractivity contribution in [3.63, 3.8) is 0 Å². The molecule has 4 aromatic rings. The van der Waals surface area contributed by atoms with Crippen molar-refractivity contribution in [2.75, 3.05) is 36.4 Å². The molecule has 0 saturated carbocycles. The Morgan fingerprint density at radius 1 is 1.09 bits per heavy atom. The van der Waals surface area contributed by atoms with Crippen LogP contribution in [0, 0.1) is 5.82 Å². The Morgan fingerprint density at radius 2 is 1.89 bits per heavy atom. The number of anilines is 3. The van der Waals surface area contributed by atoms with E-state index in [2.05, 4.69) is 30.5 Å². The van der Waals surface area contributed by atoms with Gasteiger partial charge in [-0.05, 0) is 44.2 Å². The molecule has 5 rings (SSSR count). The van der Waals surface area contributed by atoms with E-state index in [0.29, 0.717) is 17.1 Å². The molecule has 0 bridgehead atoms. The summed E-state index contributed by atoms with van der Waals surface area (Å²) >= 11 is 0. The molecule has 0 unspecified atom stereocenters. The standard InChI is InChI=1S/C26H28FN7O/c1-16(2)34-22-6-4-18(12-19(22)13-23(34)17(3)35)25-21(27)15-30-26(32-25)31-24-7-5-20(14-29-24)33-10-8-28-9-11-33/h4-7,12-16,28H,8-11H2,1-3H3,(H,29,30,31,32). The van der Waals surface area contributed by atoms with Gasteiger partial charge in [0.2, 0.25) is 5.95 Å². The van der Waals surface area contributed by atoms with Crippen LogP contribution in [0.3, 0.4) is 0 Å². The van der Waals surface area contributed by atoms with Gasteiger partial charge in [-0.3, -0.25) is 4.79 Å². The van der Waals surface area contributed by atoms with Gasteiger partial charge in [-0.25, -0.2) is 19.3 Å². The lowest BCUT2D eigenvalue weighted by atomic mass is 10.1. The number of benzene rings is 1. The summed E-state index contributed by atoms with van der Waals surface area (Å²) in [5, 5.41) is 7.27. The lowest BCUT2D eigenvalue weighted by Gasteiger charge is -2.29. The van der Waals surface area contributed by atoms with Crippen molar-refractivity contribution in [3.05, 3.63) is 60.3 Å². The average Bonchev–Trinajstić information content (AvgIpc) is 3.26. The largest absolute Gasteiger partial charge is 0.368 e. The zero-order valence-corrected chi connectivity index (χ0v) is 20.0. The molecule has 0 spiro atoms. The second-order valence-electron chi connectivity index (χ2n) is 8.98. The van der Waals surface area contributed by atoms with Crippen molar-refractivity contribution in [2.24, 2.45) is 0 Å². The zero-order chi connectivity index (χ0) is 24.5. The number of carbonyl (C=O) groups excluding carboxylic acids is 1. The van der Waals surface area contributed by atoms with E-state index in [1.807, 2.05) is 61.0 Å². The summed E-state index contributed by atoms with van der Waals surface area (Å²) in [6.07, 6.45) is 2.97. The first kappa shape index (κ1) is 22.9. The summed E-state index contributed by atoms with van der Waals surface area (Å²) < 4.78 is 16.8. The van der Waals surface area contributed by atoms with Crippen LogP contribution in [0.1, 0.15) is 37.3 Å². The van der Waals surface area contributed by atoms with Gasteiger partial charge in [0.15, 0.2) is 11.6 Å². The minimum absolute atomic E-state index is 0.00775. The number of ketones is 1. The van der Waals surface area contributed by atoms with Gasteiger partial charge in [-0.15, -0.1) is 0 Å². The van der Waals surface area contributed by atoms with E-state index in [-0.39, 0.29) is 23.5 Å². The quantitative estimate of drug-likeness (QED) is 0.397. The molecule has 1 fully saturated rings. The van der Waals surface area contributed by atoms with Crippen LogP contribution in [0.2, 0.25) is 0 Å². The number of Topliss-reactive ketones (excluding diaryl/α,β-unsaturated/α-hetero) is 1. The van der Waals surface area contributed by atoms with Gasteiger partial charge < -0.3 is 20.1 Å². The minimum atomic E-state index is -0.521. The molecule has 0 amide bonds. The van der Waals surface area contributed by atoms with E-state index >= 15 is 0 Å². The van der Waals surface area contributed by atoms with Gasteiger partial charge in [-0.1, -0.05) is 6.07 Å². The molecule has 4 heterocycles. The molecule has 9 heteroatoms. The van der Waals surface area contributed by atoms with Gasteiger partial charge in [0, 0.05) is 55.6 Å². The molecule has 1 aromatic carbocycles. The van der Waals surface area contributed by atoms with E-state index in [1.54, 1.807) is 6.92 Å². The maximum Gasteiger partial charge on any atom is 0.229 e. The van der Waals surface area contributed by atoms with E-state index in [1.165, 1.54) is 0 Å². The number of hydrogen-bond donors (Lipinski definition) is 2. The summed E-state index contributed by atoms with van der Waals surface area (Å²) in [5.74, 6) is 0.309. The number of hydrogen-bond acceptors (Lipinski definition) is 7. The fourth-order valence-electron chi connectivity index (χ4n) is 4.53. The Bertz CT molecular complexity index is 1370. The SMILES string of the molecule is CC(=O)c1cc2cc(-c3nc(Nc4ccc(N5CCNCC5)cn4)ncc3F)ccc2n1C(C)C. The molecule has 1 aliphatic rings. The fourth-order valence-corrected chi connectivity index (χ4v) is 4.53. The smallest absolute Gasteiger partial charge is 0.229 e. The Kier molecular flexibility index (Phi) is 6.17. The van der Waals surface area contributed by atoms with Crippen LogP contribution < -0.4 is 15.5 Å². The number of rotatable bonds is 6. The van der Waals surface area contributed by atoms with E-state index in [0.717, 1.165) is 49.0 Å². The molecule has 2 N–H and O–H groups in total. The second kappa shape index (κ2) is 9.42. The van der Waals surface area contributed by atoms with E-state index < -0.39 is 5.82 Å². The summed E-state index contributed by atoms with van der Waals surface area (Å²) in [6, 6.07) is 11.4. The van der Waals surface area contributed by atoms with Crippen molar-refractivity contribution in [3.8, 4) is 11.3 Å². The van der Waals surface area contributed by atoms with Crippen molar-refractivity contribution >= 4 is 34.1 Å². The van der Waals surface area contributed by atoms with Gasteiger partial charge >= 0.3 is 0 Å². The summed E-state index contributed by atoms with van der Waals surface area (Å²) in [5.41, 5.74) is 3.41. The predicted molar refractivity (Wildman–Crippen MR) is 136 cm³/mol. The Labute approximate surface area is 203 Å². The third-order valence-electron chi connectivity index (χ3n) is 6.20. The number of fused-ring (bicyclic) bond motifs is 1. The highest BCUT2D eigenvalue weighted by Gasteiger charge is 2.17. The highest BCUT2D eigenvalue weighted by Crippen LogP contribution is 2.30. The first-order valence-electron chi connectivity index (χ1n) is 11.8. The molecular formula is C26H28FN7O. The molecular weight excluding hydrogens is 445 g/mol. The number of carbonyl (C=O) groups is 1. The maximum atomic E-state index is 14.8. The average molecular weight is 474 g/mol. The Balaban J connectivity index is 1.42. The maximum absolute atomic E-state index is 14.8. The van der Waals surface area contributed by atoms with Crippen LogP contribution >= 0.6 is 0 Å². The second-order valence-corrected chi connectivity index (χ2v) is 8.98. The predicted octanol–water partition coefficient (Wildman–Crippen LogP) is 4.57. The van der Waals surface area contributed by atoms with Crippen LogP contribution in [0.4, 0.5) is 21.8 Å². The number of aromatic nitrogens is 4. The number of nitrogens with one attached hydrogen (secondary N) is 2. The van der Waals surface area contributed by atoms with Crippen molar-refractivity contribution in [2.45, 2.75) is 26.8 Å². The zero-order valence-electron chi connectivity index (χ0n) is 20.0. The topological polar surface area (TPSA) is 88.0 Å². The molecule has 0 atom stereocenters. The fraction of sp³-hybridized carbons (Fsp3) is 0.308. The number of nitrogens with zero attached hydrogens (tertiary/aromatic N) is 5. The third-order valence-corrected chi connectivity index (χ3v) is 6.20. The van der Waals surface area contributed by atoms with E-state index in [4.69, 9.17) is 0 Å². The summed E-state index contributed by atoms with van der Waals surface area (Å²) in [4.78, 5) is 27.4. The summed E-state index contributed by atoms with van der Waals surface area (Å²) in [7, 11) is 0. The molecule has 35 heavy (non-hydrogen) atoms. The lowest BCUT2D eigenvalue weighted by Crippen LogP contribution is -2.43. The molecule has 1 aliphatic heterocycles. The van der Waals surface area contributed by atoms with Crippen LogP contribution in [-0.4, -0.2) is 51.5 Å². The molecule has 8 nitrogen and oxygen atoms in total. The van der Waals surface area contributed by atoms with Crippen LogP contribution in [-0.2, 0) is 0 Å². The minimum Gasteiger partial charge on any atom is -0.368 e. The Hall–Kier alpha value is -3.85. The highest BCUT2D eigenvalue weighted by atomic mass is 19.1. The molecule has 1 saturated heterocycles. The van der Waals surface area contributed by atoms with Crippen LogP contribution in [0.25, 0.3) is 22.2 Å². The van der Waals surface area contributed by atoms with Crippen molar-refractivity contribution in [1.82, 2.24) is 24.8 Å². The van der Waals surface area contributed by atoms with Crippen LogP contribution in [0.5, 0.6) is 0 Å². The number of pyridine rings is 1. The van der Waals surface area contributed by atoms with Gasteiger partial charge in [0.05, 0.1) is 23.8 Å². The number of piperazine rings is 1. The van der Waals surface area contributed by atoms with Crippen molar-refractivity contribution < 1.29 is 9.18 Å². The highest BCUT2D eigenvalue weighted by molar-refractivity contribution is 5.99. The molecule has 3 aromatic heterocycles. The molecule has 0 aliphatic carbocycles. The monoisotopic (exact) mass is 473 g/mol. The molecule has 0 radical (unpaired) electrons. The Morgan fingerprint density at radius 3 is 2.57 bits per heavy atom. The molecule has 180 valence electrons. The normalized spacial score (nSPS) is 14.0. The van der Waals surface area contributed by atoms with E-state index in [9.17, 15) is 9.18 Å². The lowest BCUT2D eigenvalue weighted by molar-refractivity contribution is 0.100. The van der Waals surface area contributed by atoms with Gasteiger partial charge in [0.1, 0.15) is 11.5 Å². The van der Waals surface area contributed by atoms with Crippen LogP contribution in [0.15, 0.2) is 48.8 Å². The van der Waals surface area contributed by atoms with Gasteiger partial charge in [0.25, 0.3) is 0 Å². The van der Waals surface area contributed by atoms with Gasteiger partial charge in [-0.2, -0.15) is 0 Å². The third kappa shape index (κ3) is 4.59. The first-order chi connectivity index (χ1) is 16.9. The first-order valence-corrected chi connectivity index (χ1v) is 11.8. The van der Waals surface area contributed by atoms with Crippen molar-refractivity contribution in [1.29, 1.82) is 0 Å². The number of halogens is 1. The summed E-state index contributed by atoms with van der Waals surface area (Å²) in [6.45, 7) is 9.42.